The number of nitrogens with zero attached hydrogens (tertiary/aromatic N) is 1. The highest BCUT2D eigenvalue weighted by molar-refractivity contribution is 6.09. The lowest BCUT2D eigenvalue weighted by Gasteiger charge is -2.05. The molecule has 0 fully saturated rings. The van der Waals surface area contributed by atoms with Crippen molar-refractivity contribution in [3.05, 3.63) is 70.1 Å². The zero-order chi connectivity index (χ0) is 13.1. The molecule has 0 saturated carbocycles. The van der Waals surface area contributed by atoms with Crippen LogP contribution in [0.1, 0.15) is 15.9 Å². The third-order valence-corrected chi connectivity index (χ3v) is 2.43. The van der Waals surface area contributed by atoms with Gasteiger partial charge in [0.25, 0.3) is 0 Å². The molecule has 18 heavy (non-hydrogen) atoms. The van der Waals surface area contributed by atoms with E-state index >= 15 is 0 Å². The second-order valence-electron chi connectivity index (χ2n) is 3.54. The van der Waals surface area contributed by atoms with Crippen molar-refractivity contribution in [2.45, 2.75) is 0 Å². The third kappa shape index (κ3) is 2.02. The minimum absolute atomic E-state index is 0.137. The average Bonchev–Trinajstić information content (AvgIpc) is 2.40. The van der Waals surface area contributed by atoms with Gasteiger partial charge in [-0.2, -0.15) is 0 Å². The maximum Gasteiger partial charge on any atom is 0.199 e. The smallest absolute Gasteiger partial charge is 0.199 e. The Morgan fingerprint density at radius 3 is 2.28 bits per heavy atom. The fourth-order valence-corrected chi connectivity index (χ4v) is 1.55. The molecular weight excluding hydrogens is 240 g/mol. The van der Waals surface area contributed by atoms with E-state index in [1.807, 2.05) is 0 Å². The Morgan fingerprint density at radius 2 is 1.67 bits per heavy atom. The summed E-state index contributed by atoms with van der Waals surface area (Å²) in [6.45, 7) is 0. The molecule has 5 heteroatoms. The molecule has 0 saturated heterocycles. The lowest BCUT2D eigenvalue weighted by atomic mass is 10.0. The minimum atomic E-state index is -1.24. The second-order valence-corrected chi connectivity index (χ2v) is 3.54. The summed E-state index contributed by atoms with van der Waals surface area (Å²) in [4.78, 5) is 22.3. The molecule has 2 aromatic carbocycles. The number of carbonyl (C=O) groups is 1. The molecule has 0 bridgehead atoms. The van der Waals surface area contributed by atoms with Crippen molar-refractivity contribution in [2.75, 3.05) is 0 Å². The maximum atomic E-state index is 13.7. The Morgan fingerprint density at radius 1 is 1.00 bits per heavy atom. The normalized spacial score (nSPS) is 10.1. The summed E-state index contributed by atoms with van der Waals surface area (Å²) in [5.74, 6) is -3.08. The van der Waals surface area contributed by atoms with E-state index in [1.165, 1.54) is 12.1 Å². The fraction of sp³-hybridized carbons (Fsp3) is 0. The van der Waals surface area contributed by atoms with Crippen molar-refractivity contribution in [1.29, 1.82) is 0 Å². The summed E-state index contributed by atoms with van der Waals surface area (Å²) < 4.78 is 27.2. The number of benzene rings is 2. The van der Waals surface area contributed by atoms with Crippen LogP contribution in [0.15, 0.2) is 47.6 Å². The van der Waals surface area contributed by atoms with Gasteiger partial charge in [0.2, 0.25) is 0 Å². The van der Waals surface area contributed by atoms with Crippen LogP contribution >= 0.6 is 0 Å². The number of hydrogen-bond donors (Lipinski definition) is 0. The van der Waals surface area contributed by atoms with E-state index in [1.54, 1.807) is 18.2 Å². The first-order valence-corrected chi connectivity index (χ1v) is 5.06. The topological polar surface area (TPSA) is 46.5 Å². The van der Waals surface area contributed by atoms with Gasteiger partial charge in [-0.15, -0.1) is 4.91 Å². The summed E-state index contributed by atoms with van der Waals surface area (Å²) >= 11 is 0. The van der Waals surface area contributed by atoms with Gasteiger partial charge in [-0.05, 0) is 17.3 Å². The number of carbonyl (C=O) groups excluding carboxylic acids is 1. The highest BCUT2D eigenvalue weighted by atomic mass is 19.1. The first-order chi connectivity index (χ1) is 8.65. The molecule has 0 aliphatic heterocycles. The largest absolute Gasteiger partial charge is 0.288 e. The molecule has 0 radical (unpaired) electrons. The predicted molar refractivity (Wildman–Crippen MR) is 61.7 cm³/mol. The van der Waals surface area contributed by atoms with Gasteiger partial charge in [0, 0.05) is 5.56 Å². The SMILES string of the molecule is O=Nc1ccc(F)c(C(=O)c2ccccc2)c1F. The van der Waals surface area contributed by atoms with Gasteiger partial charge in [-0.25, -0.2) is 8.78 Å². The highest BCUT2D eigenvalue weighted by Crippen LogP contribution is 2.25. The van der Waals surface area contributed by atoms with E-state index in [0.717, 1.165) is 12.1 Å². The molecule has 0 unspecified atom stereocenters. The van der Waals surface area contributed by atoms with Crippen LogP contribution in [-0.4, -0.2) is 5.78 Å². The van der Waals surface area contributed by atoms with Crippen LogP contribution in [0.3, 0.4) is 0 Å². The van der Waals surface area contributed by atoms with Crippen molar-refractivity contribution >= 4 is 11.5 Å². The van der Waals surface area contributed by atoms with E-state index in [-0.39, 0.29) is 5.56 Å². The van der Waals surface area contributed by atoms with Crippen LogP contribution in [0.2, 0.25) is 0 Å². The van der Waals surface area contributed by atoms with Crippen LogP contribution in [0.5, 0.6) is 0 Å². The zero-order valence-electron chi connectivity index (χ0n) is 9.06. The van der Waals surface area contributed by atoms with Gasteiger partial charge in [-0.1, -0.05) is 30.3 Å². The lowest BCUT2D eigenvalue weighted by Crippen LogP contribution is -2.07. The van der Waals surface area contributed by atoms with E-state index < -0.39 is 28.7 Å². The van der Waals surface area contributed by atoms with Crippen LogP contribution in [0, 0.1) is 16.5 Å². The molecule has 0 heterocycles. The van der Waals surface area contributed by atoms with Crippen LogP contribution < -0.4 is 0 Å². The Bertz CT molecular complexity index is 612. The highest BCUT2D eigenvalue weighted by Gasteiger charge is 2.21. The minimum Gasteiger partial charge on any atom is -0.288 e. The Labute approximate surface area is 101 Å². The molecule has 0 aliphatic rings. The first kappa shape index (κ1) is 12.0. The standard InChI is InChI=1S/C13H7F2NO2/c14-9-6-7-10(16-18)12(15)11(9)13(17)8-4-2-1-3-5-8/h1-7H. The summed E-state index contributed by atoms with van der Waals surface area (Å²) in [5, 5.41) is 2.40. The number of halogens is 2. The van der Waals surface area contributed by atoms with Crippen molar-refractivity contribution in [1.82, 2.24) is 0 Å². The summed E-state index contributed by atoms with van der Waals surface area (Å²) in [5.41, 5.74) is -1.22. The van der Waals surface area contributed by atoms with E-state index in [0.29, 0.717) is 0 Å². The predicted octanol–water partition coefficient (Wildman–Crippen LogP) is 3.59. The molecular formula is C13H7F2NO2. The average molecular weight is 247 g/mol. The molecule has 2 aromatic rings. The first-order valence-electron chi connectivity index (χ1n) is 5.06. The van der Waals surface area contributed by atoms with E-state index in [2.05, 4.69) is 5.18 Å². The van der Waals surface area contributed by atoms with Crippen molar-refractivity contribution in [3.8, 4) is 0 Å². The van der Waals surface area contributed by atoms with Gasteiger partial charge >= 0.3 is 0 Å². The number of nitroso groups, excluding NO2 is 1. The van der Waals surface area contributed by atoms with E-state index in [4.69, 9.17) is 0 Å². The van der Waals surface area contributed by atoms with Gasteiger partial charge in [0.05, 0.1) is 5.56 Å². The second kappa shape index (κ2) is 4.83. The van der Waals surface area contributed by atoms with Gasteiger partial charge < -0.3 is 0 Å². The van der Waals surface area contributed by atoms with Crippen molar-refractivity contribution in [2.24, 2.45) is 5.18 Å². The molecule has 3 nitrogen and oxygen atoms in total. The van der Waals surface area contributed by atoms with Crippen LogP contribution in [0.25, 0.3) is 0 Å². The number of hydrogen-bond acceptors (Lipinski definition) is 3. The molecule has 0 amide bonds. The number of rotatable bonds is 3. The molecule has 0 aromatic heterocycles. The van der Waals surface area contributed by atoms with Crippen molar-refractivity contribution < 1.29 is 13.6 Å². The zero-order valence-corrected chi connectivity index (χ0v) is 9.06. The van der Waals surface area contributed by atoms with Gasteiger partial charge in [0.1, 0.15) is 11.5 Å². The molecule has 0 spiro atoms. The Hall–Kier alpha value is -2.43. The van der Waals surface area contributed by atoms with Crippen LogP contribution in [0.4, 0.5) is 14.5 Å². The summed E-state index contributed by atoms with van der Waals surface area (Å²) in [7, 11) is 0. The fourth-order valence-electron chi connectivity index (χ4n) is 1.55. The Balaban J connectivity index is 2.58. The summed E-state index contributed by atoms with van der Waals surface area (Å²) in [6.07, 6.45) is 0. The Kier molecular flexibility index (Phi) is 3.23. The lowest BCUT2D eigenvalue weighted by molar-refractivity contribution is 0.103. The van der Waals surface area contributed by atoms with Crippen LogP contribution in [-0.2, 0) is 0 Å². The molecule has 0 N–H and O–H groups in total. The molecule has 0 aliphatic carbocycles. The van der Waals surface area contributed by atoms with Gasteiger partial charge in [0.15, 0.2) is 11.6 Å². The monoisotopic (exact) mass is 247 g/mol. The van der Waals surface area contributed by atoms with E-state index in [9.17, 15) is 18.5 Å². The van der Waals surface area contributed by atoms with Gasteiger partial charge in [-0.3, -0.25) is 4.79 Å². The number of ketones is 1. The quantitative estimate of drug-likeness (QED) is 0.614. The maximum absolute atomic E-state index is 13.7. The van der Waals surface area contributed by atoms with Crippen molar-refractivity contribution in [3.63, 3.8) is 0 Å². The molecule has 2 rings (SSSR count). The summed E-state index contributed by atoms with van der Waals surface area (Å²) in [6, 6.07) is 9.42. The third-order valence-electron chi connectivity index (χ3n) is 2.43. The molecule has 0 atom stereocenters. The molecule has 90 valence electrons.